The highest BCUT2D eigenvalue weighted by atomic mass is 16.5. The van der Waals surface area contributed by atoms with Gasteiger partial charge in [0.1, 0.15) is 5.75 Å². The SMILES string of the molecule is COc1ccc(CC2(C)Cc3ccccc3C2)cc1. The van der Waals surface area contributed by atoms with Crippen molar-refractivity contribution in [2.45, 2.75) is 26.2 Å². The van der Waals surface area contributed by atoms with Crippen LogP contribution < -0.4 is 4.74 Å². The van der Waals surface area contributed by atoms with E-state index in [-0.39, 0.29) is 0 Å². The molecule has 1 nitrogen and oxygen atoms in total. The second kappa shape index (κ2) is 4.73. The lowest BCUT2D eigenvalue weighted by Crippen LogP contribution is -2.19. The molecule has 0 heterocycles. The maximum absolute atomic E-state index is 5.21. The zero-order valence-corrected chi connectivity index (χ0v) is 11.6. The van der Waals surface area contributed by atoms with Crippen molar-refractivity contribution in [1.82, 2.24) is 0 Å². The van der Waals surface area contributed by atoms with Gasteiger partial charge in [-0.05, 0) is 53.5 Å². The van der Waals surface area contributed by atoms with Crippen molar-refractivity contribution in [1.29, 1.82) is 0 Å². The van der Waals surface area contributed by atoms with Crippen molar-refractivity contribution >= 4 is 0 Å². The normalized spacial score (nSPS) is 16.1. The third-order valence-corrected chi connectivity index (χ3v) is 4.14. The smallest absolute Gasteiger partial charge is 0.118 e. The Morgan fingerprint density at radius 1 is 0.947 bits per heavy atom. The fourth-order valence-corrected chi connectivity index (χ4v) is 3.25. The summed E-state index contributed by atoms with van der Waals surface area (Å²) in [4.78, 5) is 0. The molecule has 0 N–H and O–H groups in total. The second-order valence-corrected chi connectivity index (χ2v) is 5.96. The standard InChI is InChI=1S/C18H20O/c1-18(11-14-7-9-17(19-2)10-8-14)12-15-5-3-4-6-16(15)13-18/h3-10H,11-13H2,1-2H3. The Morgan fingerprint density at radius 2 is 1.53 bits per heavy atom. The molecular weight excluding hydrogens is 232 g/mol. The molecule has 2 aromatic rings. The molecule has 2 aromatic carbocycles. The molecule has 0 aromatic heterocycles. The molecule has 0 bridgehead atoms. The summed E-state index contributed by atoms with van der Waals surface area (Å²) in [6.07, 6.45) is 3.51. The summed E-state index contributed by atoms with van der Waals surface area (Å²) in [5, 5.41) is 0. The van der Waals surface area contributed by atoms with E-state index in [0.717, 1.165) is 12.2 Å². The first-order valence-corrected chi connectivity index (χ1v) is 6.88. The van der Waals surface area contributed by atoms with Gasteiger partial charge in [-0.3, -0.25) is 0 Å². The number of benzene rings is 2. The summed E-state index contributed by atoms with van der Waals surface area (Å²) in [5.41, 5.74) is 4.81. The van der Waals surface area contributed by atoms with Crippen molar-refractivity contribution in [2.75, 3.05) is 7.11 Å². The van der Waals surface area contributed by atoms with Crippen molar-refractivity contribution in [3.8, 4) is 5.75 Å². The molecule has 0 amide bonds. The lowest BCUT2D eigenvalue weighted by atomic mass is 9.81. The molecule has 19 heavy (non-hydrogen) atoms. The molecule has 0 spiro atoms. The number of hydrogen-bond donors (Lipinski definition) is 0. The molecule has 0 fully saturated rings. The first-order chi connectivity index (χ1) is 9.18. The highest BCUT2D eigenvalue weighted by Gasteiger charge is 2.32. The summed E-state index contributed by atoms with van der Waals surface area (Å²) in [5.74, 6) is 0.934. The van der Waals surface area contributed by atoms with Crippen LogP contribution in [0.1, 0.15) is 23.6 Å². The lowest BCUT2D eigenvalue weighted by molar-refractivity contribution is 0.343. The summed E-state index contributed by atoms with van der Waals surface area (Å²) in [6.45, 7) is 2.40. The quantitative estimate of drug-likeness (QED) is 0.801. The molecule has 0 unspecified atom stereocenters. The van der Waals surface area contributed by atoms with Gasteiger partial charge in [-0.2, -0.15) is 0 Å². The minimum atomic E-state index is 0.359. The van der Waals surface area contributed by atoms with Gasteiger partial charge in [0, 0.05) is 0 Å². The molecule has 1 aliphatic rings. The first-order valence-electron chi connectivity index (χ1n) is 6.88. The van der Waals surface area contributed by atoms with Crippen molar-refractivity contribution in [3.05, 3.63) is 65.2 Å². The predicted octanol–water partition coefficient (Wildman–Crippen LogP) is 4.04. The maximum atomic E-state index is 5.21. The first kappa shape index (κ1) is 12.3. The van der Waals surface area contributed by atoms with Crippen LogP contribution in [0.3, 0.4) is 0 Å². The van der Waals surface area contributed by atoms with Crippen LogP contribution in [0.2, 0.25) is 0 Å². The van der Waals surface area contributed by atoms with Gasteiger partial charge in [0.2, 0.25) is 0 Å². The zero-order valence-electron chi connectivity index (χ0n) is 11.6. The Morgan fingerprint density at radius 3 is 2.05 bits per heavy atom. The molecule has 0 radical (unpaired) electrons. The van der Waals surface area contributed by atoms with Crippen LogP contribution in [0.15, 0.2) is 48.5 Å². The van der Waals surface area contributed by atoms with Gasteiger partial charge >= 0.3 is 0 Å². The largest absolute Gasteiger partial charge is 0.497 e. The Balaban J connectivity index is 1.77. The summed E-state index contributed by atoms with van der Waals surface area (Å²) >= 11 is 0. The minimum absolute atomic E-state index is 0.359. The fraction of sp³-hybridized carbons (Fsp3) is 0.333. The van der Waals surface area contributed by atoms with E-state index in [1.807, 2.05) is 0 Å². The van der Waals surface area contributed by atoms with Crippen LogP contribution in [0.5, 0.6) is 5.75 Å². The number of hydrogen-bond acceptors (Lipinski definition) is 1. The van der Waals surface area contributed by atoms with Gasteiger partial charge in [-0.15, -0.1) is 0 Å². The molecule has 0 saturated heterocycles. The molecule has 98 valence electrons. The molecule has 0 aliphatic heterocycles. The van der Waals surface area contributed by atoms with E-state index < -0.39 is 0 Å². The van der Waals surface area contributed by atoms with Crippen molar-refractivity contribution < 1.29 is 4.74 Å². The monoisotopic (exact) mass is 252 g/mol. The Bertz CT molecular complexity index is 543. The highest BCUT2D eigenvalue weighted by molar-refractivity contribution is 5.36. The molecule has 3 rings (SSSR count). The zero-order chi connectivity index (χ0) is 13.3. The van der Waals surface area contributed by atoms with Crippen LogP contribution in [0.4, 0.5) is 0 Å². The van der Waals surface area contributed by atoms with Gasteiger partial charge in [-0.25, -0.2) is 0 Å². The Labute approximate surface area is 115 Å². The lowest BCUT2D eigenvalue weighted by Gasteiger charge is -2.23. The van der Waals surface area contributed by atoms with Crippen molar-refractivity contribution in [3.63, 3.8) is 0 Å². The molecule has 1 aliphatic carbocycles. The molecule has 1 heteroatoms. The van der Waals surface area contributed by atoms with Gasteiger partial charge in [0.25, 0.3) is 0 Å². The van der Waals surface area contributed by atoms with Gasteiger partial charge in [-0.1, -0.05) is 43.3 Å². The predicted molar refractivity (Wildman–Crippen MR) is 78.7 cm³/mol. The number of rotatable bonds is 3. The van der Waals surface area contributed by atoms with Crippen LogP contribution in [0.25, 0.3) is 0 Å². The third-order valence-electron chi connectivity index (χ3n) is 4.14. The second-order valence-electron chi connectivity index (χ2n) is 5.96. The summed E-state index contributed by atoms with van der Waals surface area (Å²) in [7, 11) is 1.71. The van der Waals surface area contributed by atoms with Crippen LogP contribution >= 0.6 is 0 Å². The Hall–Kier alpha value is -1.76. The van der Waals surface area contributed by atoms with Crippen LogP contribution in [-0.2, 0) is 19.3 Å². The fourth-order valence-electron chi connectivity index (χ4n) is 3.25. The number of fused-ring (bicyclic) bond motifs is 1. The van der Waals surface area contributed by atoms with Gasteiger partial charge < -0.3 is 4.74 Å². The van der Waals surface area contributed by atoms with E-state index in [4.69, 9.17) is 4.74 Å². The molecule has 0 saturated carbocycles. The van der Waals surface area contributed by atoms with E-state index >= 15 is 0 Å². The number of ether oxygens (including phenoxy) is 1. The van der Waals surface area contributed by atoms with Crippen LogP contribution in [-0.4, -0.2) is 7.11 Å². The average molecular weight is 252 g/mol. The number of methoxy groups -OCH3 is 1. The van der Waals surface area contributed by atoms with E-state index in [9.17, 15) is 0 Å². The van der Waals surface area contributed by atoms with Gasteiger partial charge in [0.15, 0.2) is 0 Å². The minimum Gasteiger partial charge on any atom is -0.497 e. The third kappa shape index (κ3) is 2.51. The Kier molecular flexibility index (Phi) is 3.06. The average Bonchev–Trinajstić information content (AvgIpc) is 2.75. The van der Waals surface area contributed by atoms with Crippen LogP contribution in [0, 0.1) is 5.41 Å². The molecule has 0 atom stereocenters. The van der Waals surface area contributed by atoms with E-state index in [2.05, 4.69) is 55.5 Å². The van der Waals surface area contributed by atoms with E-state index in [1.54, 1.807) is 7.11 Å². The van der Waals surface area contributed by atoms with E-state index in [1.165, 1.54) is 29.5 Å². The topological polar surface area (TPSA) is 9.23 Å². The molecular formula is C18H20O. The van der Waals surface area contributed by atoms with E-state index in [0.29, 0.717) is 5.41 Å². The van der Waals surface area contributed by atoms with Gasteiger partial charge in [0.05, 0.1) is 7.11 Å². The highest BCUT2D eigenvalue weighted by Crippen LogP contribution is 2.39. The maximum Gasteiger partial charge on any atom is 0.118 e. The summed E-state index contributed by atoms with van der Waals surface area (Å²) < 4.78 is 5.21. The van der Waals surface area contributed by atoms with Crippen molar-refractivity contribution in [2.24, 2.45) is 5.41 Å². The summed E-state index contributed by atoms with van der Waals surface area (Å²) in [6, 6.07) is 17.3.